The lowest BCUT2D eigenvalue weighted by molar-refractivity contribution is -0.274. The Labute approximate surface area is 92.9 Å². The summed E-state index contributed by atoms with van der Waals surface area (Å²) in [5, 5.41) is -0.0908. The van der Waals surface area contributed by atoms with Gasteiger partial charge < -0.3 is 9.47 Å². The van der Waals surface area contributed by atoms with Crippen LogP contribution in [0.4, 0.5) is 13.2 Å². The minimum absolute atomic E-state index is 0.0908. The van der Waals surface area contributed by atoms with Crippen LogP contribution >= 0.6 is 11.6 Å². The highest BCUT2D eigenvalue weighted by atomic mass is 35.5. The lowest BCUT2D eigenvalue weighted by Crippen LogP contribution is -2.20. The van der Waals surface area contributed by atoms with Gasteiger partial charge in [0.1, 0.15) is 0 Å². The fourth-order valence-electron chi connectivity index (χ4n) is 0.873. The number of pyridine rings is 1. The van der Waals surface area contributed by atoms with Crippen molar-refractivity contribution < 1.29 is 27.4 Å². The van der Waals surface area contributed by atoms with Gasteiger partial charge in [-0.15, -0.1) is 13.2 Å². The van der Waals surface area contributed by atoms with Crippen LogP contribution in [0.2, 0.25) is 5.02 Å². The fourth-order valence-corrected chi connectivity index (χ4v) is 1.02. The van der Waals surface area contributed by atoms with Crippen LogP contribution in [-0.4, -0.2) is 24.4 Å². The number of halogens is 4. The van der Waals surface area contributed by atoms with Gasteiger partial charge in [0.05, 0.1) is 12.1 Å². The smallest absolute Gasteiger partial charge is 0.464 e. The van der Waals surface area contributed by atoms with Crippen LogP contribution in [0.25, 0.3) is 0 Å². The van der Waals surface area contributed by atoms with Crippen molar-refractivity contribution in [3.8, 4) is 5.75 Å². The topological polar surface area (TPSA) is 48.4 Å². The maximum atomic E-state index is 12.0. The molecule has 0 bridgehead atoms. The van der Waals surface area contributed by atoms with Crippen LogP contribution in [0.5, 0.6) is 5.75 Å². The van der Waals surface area contributed by atoms with Gasteiger partial charge in [0.15, 0.2) is 11.4 Å². The Morgan fingerprint density at radius 3 is 2.62 bits per heavy atom. The molecule has 0 aliphatic heterocycles. The zero-order valence-electron chi connectivity index (χ0n) is 7.84. The third-order valence-corrected chi connectivity index (χ3v) is 1.63. The molecule has 8 heteroatoms. The van der Waals surface area contributed by atoms with E-state index in [-0.39, 0.29) is 5.02 Å². The number of hydrogen-bond acceptors (Lipinski definition) is 4. The average Bonchev–Trinajstić information content (AvgIpc) is 2.14. The summed E-state index contributed by atoms with van der Waals surface area (Å²) < 4.78 is 43.8. The highest BCUT2D eigenvalue weighted by molar-refractivity contribution is 6.30. The lowest BCUT2D eigenvalue weighted by atomic mass is 10.3. The molecule has 0 aromatic carbocycles. The molecule has 1 aromatic rings. The molecule has 0 fully saturated rings. The SMILES string of the molecule is COC(=O)c1ncc(Cl)cc1OC(F)(F)F. The Morgan fingerprint density at radius 2 is 2.12 bits per heavy atom. The first-order chi connectivity index (χ1) is 7.33. The normalized spacial score (nSPS) is 11.1. The minimum Gasteiger partial charge on any atom is -0.464 e. The Balaban J connectivity index is 3.13. The number of hydrogen-bond donors (Lipinski definition) is 0. The van der Waals surface area contributed by atoms with Crippen molar-refractivity contribution in [3.63, 3.8) is 0 Å². The summed E-state index contributed by atoms with van der Waals surface area (Å²) in [4.78, 5) is 14.5. The van der Waals surface area contributed by atoms with Gasteiger partial charge in [-0.3, -0.25) is 0 Å². The van der Waals surface area contributed by atoms with E-state index >= 15 is 0 Å². The third kappa shape index (κ3) is 3.27. The molecule has 0 saturated carbocycles. The van der Waals surface area contributed by atoms with Crippen LogP contribution in [0.15, 0.2) is 12.3 Å². The summed E-state index contributed by atoms with van der Waals surface area (Å²) in [5.41, 5.74) is -0.593. The van der Waals surface area contributed by atoms with E-state index in [0.29, 0.717) is 0 Å². The Hall–Kier alpha value is -1.50. The number of esters is 1. The Kier molecular flexibility index (Phi) is 3.58. The molecule has 0 aliphatic rings. The van der Waals surface area contributed by atoms with Crippen molar-refractivity contribution in [1.82, 2.24) is 4.98 Å². The second-order valence-electron chi connectivity index (χ2n) is 2.54. The zero-order valence-corrected chi connectivity index (χ0v) is 8.59. The molecule has 1 aromatic heterocycles. The predicted molar refractivity (Wildman–Crippen MR) is 47.3 cm³/mol. The van der Waals surface area contributed by atoms with Gasteiger partial charge in [-0.2, -0.15) is 0 Å². The predicted octanol–water partition coefficient (Wildman–Crippen LogP) is 2.42. The fraction of sp³-hybridized carbons (Fsp3) is 0.250. The molecule has 0 atom stereocenters. The van der Waals surface area contributed by atoms with Crippen LogP contribution in [0.3, 0.4) is 0 Å². The summed E-state index contributed by atoms with van der Waals surface area (Å²) in [7, 11) is 1.01. The number of carbonyl (C=O) groups is 1. The van der Waals surface area contributed by atoms with Gasteiger partial charge in [0.2, 0.25) is 0 Å². The molecule has 0 unspecified atom stereocenters. The van der Waals surface area contributed by atoms with E-state index in [9.17, 15) is 18.0 Å². The summed E-state index contributed by atoms with van der Waals surface area (Å²) >= 11 is 5.43. The summed E-state index contributed by atoms with van der Waals surface area (Å²) in [6.07, 6.45) is -3.92. The zero-order chi connectivity index (χ0) is 12.3. The molecular weight excluding hydrogens is 251 g/mol. The number of nitrogens with zero attached hydrogens (tertiary/aromatic N) is 1. The quantitative estimate of drug-likeness (QED) is 0.762. The molecule has 0 saturated heterocycles. The van der Waals surface area contributed by atoms with Crippen molar-refractivity contribution in [2.75, 3.05) is 7.11 Å². The van der Waals surface area contributed by atoms with E-state index in [1.165, 1.54) is 0 Å². The van der Waals surface area contributed by atoms with Gasteiger partial charge in [-0.05, 0) is 0 Å². The van der Waals surface area contributed by atoms with E-state index in [1.54, 1.807) is 0 Å². The third-order valence-electron chi connectivity index (χ3n) is 1.42. The Morgan fingerprint density at radius 1 is 1.50 bits per heavy atom. The molecule has 88 valence electrons. The largest absolute Gasteiger partial charge is 0.573 e. The monoisotopic (exact) mass is 255 g/mol. The first kappa shape index (κ1) is 12.6. The van der Waals surface area contributed by atoms with E-state index in [4.69, 9.17) is 11.6 Å². The van der Waals surface area contributed by atoms with Gasteiger partial charge >= 0.3 is 12.3 Å². The molecule has 1 rings (SSSR count). The van der Waals surface area contributed by atoms with E-state index in [1.807, 2.05) is 0 Å². The molecule has 0 amide bonds. The molecule has 0 spiro atoms. The number of methoxy groups -OCH3 is 1. The van der Waals surface area contributed by atoms with Crippen molar-refractivity contribution >= 4 is 17.6 Å². The first-order valence-electron chi connectivity index (χ1n) is 3.83. The molecule has 4 nitrogen and oxygen atoms in total. The second-order valence-corrected chi connectivity index (χ2v) is 2.98. The van der Waals surface area contributed by atoms with Gasteiger partial charge in [-0.1, -0.05) is 11.6 Å². The standard InChI is InChI=1S/C8H5ClF3NO3/c1-15-7(14)6-5(16-8(10,11)12)2-4(9)3-13-6/h2-3H,1H3. The van der Waals surface area contributed by atoms with Crippen LogP contribution in [0.1, 0.15) is 10.5 Å². The van der Waals surface area contributed by atoms with Crippen molar-refractivity contribution in [1.29, 1.82) is 0 Å². The van der Waals surface area contributed by atoms with Gasteiger partial charge in [0, 0.05) is 12.3 Å². The van der Waals surface area contributed by atoms with E-state index < -0.39 is 23.8 Å². The second kappa shape index (κ2) is 4.56. The average molecular weight is 256 g/mol. The lowest BCUT2D eigenvalue weighted by Gasteiger charge is -2.11. The molecule has 0 N–H and O–H groups in total. The van der Waals surface area contributed by atoms with Gasteiger partial charge in [-0.25, -0.2) is 9.78 Å². The number of ether oxygens (including phenoxy) is 2. The minimum atomic E-state index is -4.94. The molecule has 1 heterocycles. The van der Waals surface area contributed by atoms with Crippen molar-refractivity contribution in [2.45, 2.75) is 6.36 Å². The number of rotatable bonds is 2. The van der Waals surface area contributed by atoms with E-state index in [0.717, 1.165) is 19.4 Å². The van der Waals surface area contributed by atoms with Crippen LogP contribution in [0, 0.1) is 0 Å². The molecule has 0 aliphatic carbocycles. The number of alkyl halides is 3. The molecule has 16 heavy (non-hydrogen) atoms. The van der Waals surface area contributed by atoms with Crippen molar-refractivity contribution in [3.05, 3.63) is 23.0 Å². The summed E-state index contributed by atoms with van der Waals surface area (Å²) in [6.45, 7) is 0. The highest BCUT2D eigenvalue weighted by Gasteiger charge is 2.33. The maximum absolute atomic E-state index is 12.0. The highest BCUT2D eigenvalue weighted by Crippen LogP contribution is 2.27. The van der Waals surface area contributed by atoms with Crippen LogP contribution in [-0.2, 0) is 4.74 Å². The van der Waals surface area contributed by atoms with Crippen molar-refractivity contribution in [2.24, 2.45) is 0 Å². The van der Waals surface area contributed by atoms with Gasteiger partial charge in [0.25, 0.3) is 0 Å². The number of carbonyl (C=O) groups excluding carboxylic acids is 1. The Bertz CT molecular complexity index is 408. The summed E-state index contributed by atoms with van der Waals surface area (Å²) in [6, 6.07) is 0.828. The number of aromatic nitrogens is 1. The first-order valence-corrected chi connectivity index (χ1v) is 4.21. The van der Waals surface area contributed by atoms with E-state index in [2.05, 4.69) is 14.5 Å². The molecule has 0 radical (unpaired) electrons. The van der Waals surface area contributed by atoms with Crippen LogP contribution < -0.4 is 4.74 Å². The summed E-state index contributed by atoms with van der Waals surface area (Å²) in [5.74, 6) is -1.84. The maximum Gasteiger partial charge on any atom is 0.573 e. The molecular formula is C8H5ClF3NO3.